The lowest BCUT2D eigenvalue weighted by atomic mass is 10.2. The second-order valence-electron chi connectivity index (χ2n) is 3.71. The van der Waals surface area contributed by atoms with Gasteiger partial charge in [-0.3, -0.25) is 4.98 Å². The summed E-state index contributed by atoms with van der Waals surface area (Å²) in [6, 6.07) is 10.3. The van der Waals surface area contributed by atoms with Crippen molar-refractivity contribution in [2.45, 2.75) is 13.1 Å². The molecule has 0 amide bonds. The molecule has 4 heteroatoms. The maximum Gasteiger partial charge on any atom is 0.0320 e. The van der Waals surface area contributed by atoms with Crippen molar-refractivity contribution in [3.63, 3.8) is 0 Å². The van der Waals surface area contributed by atoms with Crippen LogP contribution in [0.5, 0.6) is 0 Å². The summed E-state index contributed by atoms with van der Waals surface area (Å²) in [6.07, 6.45) is 3.63. The standard InChI is InChI=1S/C13H12Br2N2/c14-12-2-1-11(7-13(12)15)9-17-8-10-3-5-16-6-4-10/h1-7,17H,8-9H2. The van der Waals surface area contributed by atoms with Crippen molar-refractivity contribution >= 4 is 31.9 Å². The Balaban J connectivity index is 1.88. The van der Waals surface area contributed by atoms with E-state index < -0.39 is 0 Å². The Morgan fingerprint density at radius 1 is 0.882 bits per heavy atom. The molecule has 1 aromatic heterocycles. The monoisotopic (exact) mass is 354 g/mol. The molecule has 0 atom stereocenters. The lowest BCUT2D eigenvalue weighted by Crippen LogP contribution is -2.12. The Hall–Kier alpha value is -0.710. The van der Waals surface area contributed by atoms with Crippen LogP contribution in [-0.2, 0) is 13.1 Å². The molecular formula is C13H12Br2N2. The molecule has 0 fully saturated rings. The SMILES string of the molecule is Brc1ccc(CNCc2ccncc2)cc1Br. The first-order valence-electron chi connectivity index (χ1n) is 5.29. The van der Waals surface area contributed by atoms with Gasteiger partial charge in [0, 0.05) is 34.4 Å². The van der Waals surface area contributed by atoms with Crippen molar-refractivity contribution in [1.29, 1.82) is 0 Å². The van der Waals surface area contributed by atoms with E-state index in [1.165, 1.54) is 11.1 Å². The minimum atomic E-state index is 0.855. The number of hydrogen-bond acceptors (Lipinski definition) is 2. The molecule has 2 aromatic rings. The highest BCUT2D eigenvalue weighted by molar-refractivity contribution is 9.13. The fourth-order valence-electron chi connectivity index (χ4n) is 1.50. The summed E-state index contributed by atoms with van der Waals surface area (Å²) in [6.45, 7) is 1.71. The fourth-order valence-corrected chi connectivity index (χ4v) is 2.17. The van der Waals surface area contributed by atoms with Gasteiger partial charge in [-0.1, -0.05) is 6.07 Å². The molecule has 0 unspecified atom stereocenters. The number of halogens is 2. The van der Waals surface area contributed by atoms with Gasteiger partial charge in [0.25, 0.3) is 0 Å². The Labute approximate surface area is 118 Å². The predicted octanol–water partition coefficient (Wildman–Crippen LogP) is 3.90. The average molecular weight is 356 g/mol. The van der Waals surface area contributed by atoms with E-state index in [1.54, 1.807) is 0 Å². The molecule has 0 spiro atoms. The van der Waals surface area contributed by atoms with E-state index in [2.05, 4.69) is 54.3 Å². The maximum absolute atomic E-state index is 3.99. The van der Waals surface area contributed by atoms with E-state index in [0.29, 0.717) is 0 Å². The van der Waals surface area contributed by atoms with Crippen LogP contribution >= 0.6 is 31.9 Å². The summed E-state index contributed by atoms with van der Waals surface area (Å²) in [7, 11) is 0. The minimum Gasteiger partial charge on any atom is -0.309 e. The summed E-state index contributed by atoms with van der Waals surface area (Å²) < 4.78 is 2.16. The summed E-state index contributed by atoms with van der Waals surface area (Å²) in [4.78, 5) is 3.99. The molecule has 2 nitrogen and oxygen atoms in total. The van der Waals surface area contributed by atoms with Crippen LogP contribution < -0.4 is 5.32 Å². The number of aromatic nitrogens is 1. The van der Waals surface area contributed by atoms with Crippen LogP contribution in [-0.4, -0.2) is 4.98 Å². The van der Waals surface area contributed by atoms with E-state index in [-0.39, 0.29) is 0 Å². The summed E-state index contributed by atoms with van der Waals surface area (Å²) in [5, 5.41) is 3.40. The third kappa shape index (κ3) is 3.91. The van der Waals surface area contributed by atoms with E-state index >= 15 is 0 Å². The highest BCUT2D eigenvalue weighted by Crippen LogP contribution is 2.23. The molecular weight excluding hydrogens is 344 g/mol. The topological polar surface area (TPSA) is 24.9 Å². The lowest BCUT2D eigenvalue weighted by Gasteiger charge is -2.06. The van der Waals surface area contributed by atoms with Crippen molar-refractivity contribution < 1.29 is 0 Å². The third-order valence-electron chi connectivity index (χ3n) is 2.39. The van der Waals surface area contributed by atoms with Gasteiger partial charge in [0.15, 0.2) is 0 Å². The van der Waals surface area contributed by atoms with Gasteiger partial charge in [-0.25, -0.2) is 0 Å². The zero-order valence-electron chi connectivity index (χ0n) is 9.16. The number of pyridine rings is 1. The number of benzene rings is 1. The van der Waals surface area contributed by atoms with Gasteiger partial charge in [0.2, 0.25) is 0 Å². The van der Waals surface area contributed by atoms with Gasteiger partial charge < -0.3 is 5.32 Å². The molecule has 0 aliphatic heterocycles. The van der Waals surface area contributed by atoms with Crippen molar-refractivity contribution in [2.24, 2.45) is 0 Å². The van der Waals surface area contributed by atoms with Gasteiger partial charge >= 0.3 is 0 Å². The fraction of sp³-hybridized carbons (Fsp3) is 0.154. The van der Waals surface area contributed by atoms with Crippen LogP contribution in [0.4, 0.5) is 0 Å². The molecule has 0 saturated heterocycles. The van der Waals surface area contributed by atoms with Gasteiger partial charge in [-0.15, -0.1) is 0 Å². The molecule has 1 aromatic carbocycles. The highest BCUT2D eigenvalue weighted by atomic mass is 79.9. The van der Waals surface area contributed by atoms with Crippen molar-refractivity contribution in [3.05, 3.63) is 62.8 Å². The minimum absolute atomic E-state index is 0.855. The number of nitrogens with one attached hydrogen (secondary N) is 1. The molecule has 2 rings (SSSR count). The maximum atomic E-state index is 3.99. The van der Waals surface area contributed by atoms with Crippen molar-refractivity contribution in [3.8, 4) is 0 Å². The van der Waals surface area contributed by atoms with Gasteiger partial charge in [-0.05, 0) is 67.3 Å². The van der Waals surface area contributed by atoms with Crippen LogP contribution in [0.1, 0.15) is 11.1 Å². The second-order valence-corrected chi connectivity index (χ2v) is 5.42. The summed E-state index contributed by atoms with van der Waals surface area (Å²) in [5.41, 5.74) is 2.50. The second kappa shape index (κ2) is 6.28. The molecule has 88 valence electrons. The van der Waals surface area contributed by atoms with Crippen LogP contribution in [0.15, 0.2) is 51.7 Å². The molecule has 0 radical (unpaired) electrons. The van der Waals surface area contributed by atoms with Crippen LogP contribution in [0.3, 0.4) is 0 Å². The molecule has 0 saturated carbocycles. The largest absolute Gasteiger partial charge is 0.309 e. The average Bonchev–Trinajstić information content (AvgIpc) is 2.35. The highest BCUT2D eigenvalue weighted by Gasteiger charge is 1.98. The van der Waals surface area contributed by atoms with E-state index in [4.69, 9.17) is 0 Å². The smallest absolute Gasteiger partial charge is 0.0320 e. The Morgan fingerprint density at radius 3 is 2.29 bits per heavy atom. The summed E-state index contributed by atoms with van der Waals surface area (Å²) >= 11 is 6.96. The number of rotatable bonds is 4. The zero-order chi connectivity index (χ0) is 12.1. The predicted molar refractivity (Wildman–Crippen MR) is 76.6 cm³/mol. The van der Waals surface area contributed by atoms with E-state index in [0.717, 1.165) is 22.0 Å². The van der Waals surface area contributed by atoms with E-state index in [9.17, 15) is 0 Å². The van der Waals surface area contributed by atoms with Gasteiger partial charge in [-0.2, -0.15) is 0 Å². The first-order valence-corrected chi connectivity index (χ1v) is 6.88. The third-order valence-corrected chi connectivity index (χ3v) is 4.27. The molecule has 0 aliphatic rings. The molecule has 17 heavy (non-hydrogen) atoms. The summed E-state index contributed by atoms with van der Waals surface area (Å²) in [5.74, 6) is 0. The van der Waals surface area contributed by atoms with Crippen molar-refractivity contribution in [2.75, 3.05) is 0 Å². The zero-order valence-corrected chi connectivity index (χ0v) is 12.3. The first-order chi connectivity index (χ1) is 8.25. The Bertz CT molecular complexity index is 486. The number of nitrogens with zero attached hydrogens (tertiary/aromatic N) is 1. The normalized spacial score (nSPS) is 10.5. The van der Waals surface area contributed by atoms with Crippen LogP contribution in [0.2, 0.25) is 0 Å². The molecule has 1 N–H and O–H groups in total. The first kappa shape index (κ1) is 12.7. The van der Waals surface area contributed by atoms with Crippen LogP contribution in [0, 0.1) is 0 Å². The Kier molecular flexibility index (Phi) is 4.71. The van der Waals surface area contributed by atoms with E-state index in [1.807, 2.05) is 30.6 Å². The number of hydrogen-bond donors (Lipinski definition) is 1. The Morgan fingerprint density at radius 2 is 1.59 bits per heavy atom. The van der Waals surface area contributed by atoms with Gasteiger partial charge in [0.1, 0.15) is 0 Å². The molecule has 0 bridgehead atoms. The van der Waals surface area contributed by atoms with Crippen LogP contribution in [0.25, 0.3) is 0 Å². The molecule has 0 aliphatic carbocycles. The lowest BCUT2D eigenvalue weighted by molar-refractivity contribution is 0.692. The van der Waals surface area contributed by atoms with Gasteiger partial charge in [0.05, 0.1) is 0 Å². The quantitative estimate of drug-likeness (QED) is 0.899. The molecule has 1 heterocycles. The van der Waals surface area contributed by atoms with Crippen molar-refractivity contribution in [1.82, 2.24) is 10.3 Å².